The van der Waals surface area contributed by atoms with E-state index >= 15 is 0 Å². The summed E-state index contributed by atoms with van der Waals surface area (Å²) in [7, 11) is 2.88. The van der Waals surface area contributed by atoms with Gasteiger partial charge in [-0.1, -0.05) is 46.9 Å². The Kier molecular flexibility index (Phi) is 7.15. The van der Waals surface area contributed by atoms with Crippen LogP contribution in [0.1, 0.15) is 28.9 Å². The van der Waals surface area contributed by atoms with Crippen molar-refractivity contribution < 1.29 is 23.9 Å². The van der Waals surface area contributed by atoms with Gasteiger partial charge in [0.1, 0.15) is 0 Å². The third-order valence-corrected chi connectivity index (χ3v) is 4.52. The molecule has 1 aliphatic rings. The lowest BCUT2D eigenvalue weighted by atomic mass is 9.91. The first-order valence-corrected chi connectivity index (χ1v) is 9.35. The third-order valence-electron chi connectivity index (χ3n) is 4.01. The number of ketones is 1. The molecule has 1 unspecified atom stereocenters. The number of Topliss-reactive ketones (excluding diaryl/α,β-unsaturated/α-hetero) is 1. The van der Waals surface area contributed by atoms with Crippen molar-refractivity contribution >= 4 is 52.5 Å². The van der Waals surface area contributed by atoms with E-state index in [2.05, 4.69) is 0 Å². The Morgan fingerprint density at radius 2 is 1.86 bits per heavy atom. The van der Waals surface area contributed by atoms with E-state index in [1.165, 1.54) is 19.4 Å². The number of hydrogen-bond donors (Lipinski definition) is 0. The number of likely N-dealkylation sites (N-methyl/N-ethyl adjacent to an activating group) is 1. The molecule has 150 valence electrons. The van der Waals surface area contributed by atoms with Crippen LogP contribution in [0.5, 0.6) is 0 Å². The lowest BCUT2D eigenvalue weighted by Gasteiger charge is -2.33. The van der Waals surface area contributed by atoms with E-state index < -0.39 is 27.6 Å². The number of nitrogens with zero attached hydrogens (tertiary/aromatic N) is 1. The Balaban J connectivity index is 2.50. The summed E-state index contributed by atoms with van der Waals surface area (Å²) in [5, 5.41) is 0. The van der Waals surface area contributed by atoms with Gasteiger partial charge in [-0.3, -0.25) is 4.79 Å². The number of carbonyl (C=O) groups excluding carboxylic acids is 3. The van der Waals surface area contributed by atoms with Crippen molar-refractivity contribution in [3.05, 3.63) is 58.8 Å². The minimum Gasteiger partial charge on any atom is -0.466 e. The molecule has 0 fully saturated rings. The summed E-state index contributed by atoms with van der Waals surface area (Å²) in [6.45, 7) is 1.95. The van der Waals surface area contributed by atoms with Crippen molar-refractivity contribution in [3.8, 4) is 0 Å². The number of hydrogen-bond acceptors (Lipinski definition) is 6. The maximum atomic E-state index is 12.4. The molecule has 0 bridgehead atoms. The smallest absolute Gasteiger partial charge is 0.338 e. The van der Waals surface area contributed by atoms with Crippen molar-refractivity contribution in [2.24, 2.45) is 0 Å². The molecule has 0 aromatic heterocycles. The minimum absolute atomic E-state index is 0.0423. The summed E-state index contributed by atoms with van der Waals surface area (Å²) in [6, 6.07) is 6.03. The maximum absolute atomic E-state index is 12.4. The summed E-state index contributed by atoms with van der Waals surface area (Å²) < 4.78 is 7.71. The van der Waals surface area contributed by atoms with Gasteiger partial charge in [-0.2, -0.15) is 0 Å². The number of ether oxygens (including phenoxy) is 2. The molecule has 9 heteroatoms. The zero-order valence-corrected chi connectivity index (χ0v) is 17.6. The van der Waals surface area contributed by atoms with Gasteiger partial charge in [0.05, 0.1) is 30.9 Å². The quantitative estimate of drug-likeness (QED) is 0.506. The molecule has 28 heavy (non-hydrogen) atoms. The van der Waals surface area contributed by atoms with Gasteiger partial charge in [0.2, 0.25) is 5.78 Å². The fourth-order valence-electron chi connectivity index (χ4n) is 2.84. The predicted octanol–water partition coefficient (Wildman–Crippen LogP) is 3.77. The molecule has 2 rings (SSSR count). The van der Waals surface area contributed by atoms with Gasteiger partial charge < -0.3 is 14.4 Å². The Bertz CT molecular complexity index is 857. The summed E-state index contributed by atoms with van der Waals surface area (Å²) in [4.78, 5) is 38.4. The Morgan fingerprint density at radius 1 is 1.18 bits per heavy atom. The number of halogens is 3. The van der Waals surface area contributed by atoms with Crippen molar-refractivity contribution in [2.45, 2.75) is 16.8 Å². The predicted molar refractivity (Wildman–Crippen MR) is 106 cm³/mol. The topological polar surface area (TPSA) is 72.9 Å². The summed E-state index contributed by atoms with van der Waals surface area (Å²) >= 11 is 17.1. The first-order valence-electron chi connectivity index (χ1n) is 8.22. The highest BCUT2D eigenvalue weighted by Gasteiger charge is 2.37. The first-order chi connectivity index (χ1) is 13.1. The maximum Gasteiger partial charge on any atom is 0.338 e. The van der Waals surface area contributed by atoms with E-state index in [9.17, 15) is 14.4 Å². The van der Waals surface area contributed by atoms with Crippen LogP contribution in [0.3, 0.4) is 0 Å². The van der Waals surface area contributed by atoms with Crippen LogP contribution in [-0.2, 0) is 19.1 Å². The van der Waals surface area contributed by atoms with Gasteiger partial charge in [0.15, 0.2) is 0 Å². The molecule has 0 amide bonds. The lowest BCUT2D eigenvalue weighted by molar-refractivity contribution is -0.136. The number of methoxy groups -OCH3 is 1. The highest BCUT2D eigenvalue weighted by atomic mass is 35.6. The van der Waals surface area contributed by atoms with Crippen LogP contribution in [-0.4, -0.2) is 47.2 Å². The zero-order chi connectivity index (χ0) is 21.1. The molecule has 1 aromatic rings. The molecule has 1 heterocycles. The largest absolute Gasteiger partial charge is 0.466 e. The Morgan fingerprint density at radius 3 is 2.43 bits per heavy atom. The second kappa shape index (κ2) is 8.99. The fourth-order valence-corrected chi connectivity index (χ4v) is 3.17. The third kappa shape index (κ3) is 4.87. The van der Waals surface area contributed by atoms with Crippen molar-refractivity contribution in [1.29, 1.82) is 0 Å². The summed E-state index contributed by atoms with van der Waals surface area (Å²) in [6.07, 6.45) is 2.80. The molecular formula is C19H18Cl3NO5. The SMILES string of the molecule is CCOC(=O)c1cccc(C2C(C(=O)OC)=CC(C(=O)C(Cl)(Cl)Cl)=CN2C)c1. The Labute approximate surface area is 177 Å². The number of benzene rings is 1. The molecule has 1 aromatic carbocycles. The van der Waals surface area contributed by atoms with Gasteiger partial charge in [-0.25, -0.2) is 9.59 Å². The molecule has 0 spiro atoms. The summed E-state index contributed by atoms with van der Waals surface area (Å²) in [5.74, 6) is -1.90. The molecule has 0 saturated carbocycles. The molecule has 6 nitrogen and oxygen atoms in total. The molecule has 1 atom stereocenters. The van der Waals surface area contributed by atoms with E-state index in [4.69, 9.17) is 44.3 Å². The average Bonchev–Trinajstić information content (AvgIpc) is 2.65. The second-order valence-electron chi connectivity index (χ2n) is 5.92. The molecule has 0 saturated heterocycles. The number of alkyl halides is 3. The van der Waals surface area contributed by atoms with Crippen molar-refractivity contribution in [3.63, 3.8) is 0 Å². The van der Waals surface area contributed by atoms with E-state index in [0.29, 0.717) is 11.1 Å². The van der Waals surface area contributed by atoms with Crippen LogP contribution in [0.15, 0.2) is 47.7 Å². The standard InChI is InChI=1S/C19H18Cl3NO5/c1-4-28-17(25)12-7-5-6-11(8-12)15-14(18(26)27-3)9-13(10-23(15)2)16(24)19(20,21)22/h5-10,15H,4H2,1-3H3. The van der Waals surface area contributed by atoms with Crippen LogP contribution in [0.4, 0.5) is 0 Å². The van der Waals surface area contributed by atoms with Crippen LogP contribution < -0.4 is 0 Å². The molecule has 1 aliphatic heterocycles. The van der Waals surface area contributed by atoms with Gasteiger partial charge in [-0.05, 0) is 30.7 Å². The van der Waals surface area contributed by atoms with Crippen molar-refractivity contribution in [2.75, 3.05) is 20.8 Å². The van der Waals surface area contributed by atoms with E-state index in [1.54, 1.807) is 43.1 Å². The van der Waals surface area contributed by atoms with E-state index in [-0.39, 0.29) is 17.8 Å². The number of allylic oxidation sites excluding steroid dienone is 2. The molecular weight excluding hydrogens is 429 g/mol. The highest BCUT2D eigenvalue weighted by Crippen LogP contribution is 2.37. The van der Waals surface area contributed by atoms with Crippen LogP contribution in [0, 0.1) is 0 Å². The van der Waals surface area contributed by atoms with Gasteiger partial charge >= 0.3 is 11.9 Å². The Hall–Kier alpha value is -2.02. The van der Waals surface area contributed by atoms with Crippen LogP contribution in [0.2, 0.25) is 0 Å². The lowest BCUT2D eigenvalue weighted by Crippen LogP contribution is -2.32. The highest BCUT2D eigenvalue weighted by molar-refractivity contribution is 6.77. The molecule has 0 aliphatic carbocycles. The van der Waals surface area contributed by atoms with Gasteiger partial charge in [-0.15, -0.1) is 0 Å². The first kappa shape index (κ1) is 22.3. The van der Waals surface area contributed by atoms with Gasteiger partial charge in [0, 0.05) is 18.8 Å². The number of rotatable bonds is 5. The summed E-state index contributed by atoms with van der Waals surface area (Å²) in [5.41, 5.74) is 1.16. The zero-order valence-electron chi connectivity index (χ0n) is 15.4. The van der Waals surface area contributed by atoms with E-state index in [0.717, 1.165) is 0 Å². The monoisotopic (exact) mass is 445 g/mol. The average molecular weight is 447 g/mol. The fraction of sp³-hybridized carbons (Fsp3) is 0.316. The van der Waals surface area contributed by atoms with Crippen LogP contribution in [0.25, 0.3) is 0 Å². The number of carbonyl (C=O) groups is 3. The minimum atomic E-state index is -2.17. The van der Waals surface area contributed by atoms with Crippen LogP contribution >= 0.6 is 34.8 Å². The van der Waals surface area contributed by atoms with Crippen molar-refractivity contribution in [1.82, 2.24) is 4.90 Å². The molecule has 0 radical (unpaired) electrons. The second-order valence-corrected chi connectivity index (χ2v) is 8.20. The molecule has 0 N–H and O–H groups in total. The van der Waals surface area contributed by atoms with E-state index in [1.807, 2.05) is 0 Å². The number of esters is 2. The normalized spacial score (nSPS) is 16.8. The van der Waals surface area contributed by atoms with Gasteiger partial charge in [0.25, 0.3) is 3.79 Å².